The summed E-state index contributed by atoms with van der Waals surface area (Å²) in [5.41, 5.74) is 3.35. The molecule has 0 fully saturated rings. The van der Waals surface area contributed by atoms with Gasteiger partial charge in [-0.3, -0.25) is 4.79 Å². The molecule has 0 saturated carbocycles. The predicted octanol–water partition coefficient (Wildman–Crippen LogP) is 3.17. The summed E-state index contributed by atoms with van der Waals surface area (Å²) in [6, 6.07) is 9.45. The minimum atomic E-state index is -0.185. The van der Waals surface area contributed by atoms with Gasteiger partial charge in [-0.05, 0) is 44.2 Å². The largest absolute Gasteiger partial charge is 0.496 e. The van der Waals surface area contributed by atoms with Gasteiger partial charge >= 0.3 is 0 Å². The Labute approximate surface area is 180 Å². The molecule has 1 aliphatic rings. The molecular formula is C20H18BrN7O2. The number of amides is 1. The number of aromatic nitrogens is 6. The van der Waals surface area contributed by atoms with Crippen molar-refractivity contribution in [1.29, 1.82) is 0 Å². The summed E-state index contributed by atoms with van der Waals surface area (Å²) in [4.78, 5) is 12.7. The van der Waals surface area contributed by atoms with Crippen LogP contribution in [0.15, 0.2) is 34.8 Å². The number of nitrogens with zero attached hydrogens (tertiary/aromatic N) is 6. The van der Waals surface area contributed by atoms with E-state index in [-0.39, 0.29) is 11.8 Å². The lowest BCUT2D eigenvalue weighted by Crippen LogP contribution is -2.25. The van der Waals surface area contributed by atoms with E-state index in [1.165, 1.54) is 0 Å². The highest BCUT2D eigenvalue weighted by molar-refractivity contribution is 9.10. The summed E-state index contributed by atoms with van der Waals surface area (Å²) in [7, 11) is 1.63. The first-order valence-corrected chi connectivity index (χ1v) is 10.2. The molecule has 0 saturated heterocycles. The van der Waals surface area contributed by atoms with Crippen molar-refractivity contribution in [3.63, 3.8) is 0 Å². The molecule has 0 unspecified atom stereocenters. The monoisotopic (exact) mass is 467 g/mol. The topological polar surface area (TPSA) is 99.2 Å². The number of methoxy groups -OCH3 is 1. The van der Waals surface area contributed by atoms with Gasteiger partial charge in [0, 0.05) is 27.9 Å². The van der Waals surface area contributed by atoms with Crippen LogP contribution in [0.1, 0.15) is 35.0 Å². The van der Waals surface area contributed by atoms with Gasteiger partial charge in [0.25, 0.3) is 0 Å². The number of fused-ring (bicyclic) bond motifs is 2. The molecule has 152 valence electrons. The van der Waals surface area contributed by atoms with Gasteiger partial charge in [-0.1, -0.05) is 15.9 Å². The summed E-state index contributed by atoms with van der Waals surface area (Å²) >= 11 is 3.53. The second-order valence-electron chi connectivity index (χ2n) is 7.16. The molecule has 10 heteroatoms. The molecule has 0 radical (unpaired) electrons. The molecule has 0 bridgehead atoms. The van der Waals surface area contributed by atoms with Gasteiger partial charge in [-0.15, -0.1) is 15.3 Å². The molecule has 5 rings (SSSR count). The third-order valence-corrected chi connectivity index (χ3v) is 5.78. The summed E-state index contributed by atoms with van der Waals surface area (Å²) < 4.78 is 9.82. The quantitative estimate of drug-likeness (QED) is 0.496. The third kappa shape index (κ3) is 2.86. The maximum atomic E-state index is 12.7. The van der Waals surface area contributed by atoms with E-state index in [0.29, 0.717) is 29.5 Å². The van der Waals surface area contributed by atoms with Crippen LogP contribution in [0.2, 0.25) is 0 Å². The summed E-state index contributed by atoms with van der Waals surface area (Å²) in [5, 5.41) is 20.4. The fourth-order valence-electron chi connectivity index (χ4n) is 3.96. The van der Waals surface area contributed by atoms with Crippen molar-refractivity contribution in [1.82, 2.24) is 29.6 Å². The highest BCUT2D eigenvalue weighted by Gasteiger charge is 2.34. The molecule has 1 aromatic carbocycles. The summed E-state index contributed by atoms with van der Waals surface area (Å²) in [6.07, 6.45) is 0.309. The zero-order valence-corrected chi connectivity index (χ0v) is 18.1. The van der Waals surface area contributed by atoms with Crippen molar-refractivity contribution in [2.45, 2.75) is 26.2 Å². The Hall–Kier alpha value is -3.27. The number of ether oxygens (including phenoxy) is 1. The number of hydrogen-bond donors (Lipinski definition) is 1. The van der Waals surface area contributed by atoms with E-state index in [1.807, 2.05) is 44.2 Å². The average molecular weight is 468 g/mol. The lowest BCUT2D eigenvalue weighted by molar-refractivity contribution is -0.116. The average Bonchev–Trinajstić information content (AvgIpc) is 3.27. The molecule has 0 spiro atoms. The lowest BCUT2D eigenvalue weighted by Gasteiger charge is -2.25. The number of rotatable bonds is 3. The van der Waals surface area contributed by atoms with Gasteiger partial charge < -0.3 is 10.1 Å². The van der Waals surface area contributed by atoms with Crippen LogP contribution in [0.25, 0.3) is 11.5 Å². The summed E-state index contributed by atoms with van der Waals surface area (Å²) in [6.45, 7) is 3.77. The highest BCUT2D eigenvalue weighted by atomic mass is 79.9. The number of anilines is 1. The number of aryl methyl sites for hydroxylation is 2. The molecular weight excluding hydrogens is 450 g/mol. The van der Waals surface area contributed by atoms with Crippen molar-refractivity contribution in [3.05, 3.63) is 57.4 Å². The molecule has 30 heavy (non-hydrogen) atoms. The van der Waals surface area contributed by atoms with Crippen LogP contribution in [0, 0.1) is 13.8 Å². The normalized spacial score (nSPS) is 15.9. The number of halogens is 1. The van der Waals surface area contributed by atoms with E-state index >= 15 is 0 Å². The second kappa shape index (κ2) is 6.91. The molecule has 4 aromatic rings. The van der Waals surface area contributed by atoms with Gasteiger partial charge in [0.2, 0.25) is 5.91 Å². The second-order valence-corrected chi connectivity index (χ2v) is 8.08. The van der Waals surface area contributed by atoms with E-state index in [9.17, 15) is 4.79 Å². The minimum absolute atomic E-state index is 0.0859. The maximum Gasteiger partial charge on any atom is 0.226 e. The van der Waals surface area contributed by atoms with Crippen molar-refractivity contribution in [2.75, 3.05) is 12.4 Å². The van der Waals surface area contributed by atoms with E-state index < -0.39 is 0 Å². The van der Waals surface area contributed by atoms with Gasteiger partial charge in [-0.2, -0.15) is 14.3 Å². The molecule has 1 amide bonds. The van der Waals surface area contributed by atoms with E-state index in [4.69, 9.17) is 9.84 Å². The van der Waals surface area contributed by atoms with Gasteiger partial charge in [0.05, 0.1) is 12.8 Å². The molecule has 1 atom stereocenters. The number of hydrogen-bond acceptors (Lipinski definition) is 6. The van der Waals surface area contributed by atoms with E-state index in [0.717, 1.165) is 27.0 Å². The van der Waals surface area contributed by atoms with Crippen LogP contribution in [-0.2, 0) is 4.79 Å². The van der Waals surface area contributed by atoms with Gasteiger partial charge in [0.1, 0.15) is 11.6 Å². The smallest absolute Gasteiger partial charge is 0.226 e. The predicted molar refractivity (Wildman–Crippen MR) is 113 cm³/mol. The van der Waals surface area contributed by atoms with Crippen molar-refractivity contribution >= 4 is 33.3 Å². The third-order valence-electron chi connectivity index (χ3n) is 5.29. The van der Waals surface area contributed by atoms with Crippen molar-refractivity contribution in [2.24, 2.45) is 0 Å². The van der Waals surface area contributed by atoms with Crippen LogP contribution in [-0.4, -0.2) is 42.6 Å². The first-order valence-electron chi connectivity index (χ1n) is 9.38. The zero-order valence-electron chi connectivity index (χ0n) is 16.5. The fourth-order valence-corrected chi connectivity index (χ4v) is 4.33. The molecule has 4 heterocycles. The number of benzene rings is 1. The first kappa shape index (κ1) is 18.7. The van der Waals surface area contributed by atoms with Gasteiger partial charge in [0.15, 0.2) is 17.3 Å². The SMILES string of the molecule is COc1ccc(Br)cc1[C@H]1CC(=O)Nc2c1c(C)nn2-c1ccc2nnc(C)n2n1. The number of carbonyl (C=O) groups excluding carboxylic acids is 1. The van der Waals surface area contributed by atoms with Crippen molar-refractivity contribution < 1.29 is 9.53 Å². The Bertz CT molecular complexity index is 1310. The Balaban J connectivity index is 1.70. The number of nitrogens with one attached hydrogen (secondary N) is 1. The summed E-state index contributed by atoms with van der Waals surface area (Å²) in [5.74, 6) is 2.32. The standard InChI is InChI=1S/C20H18BrN7O2/c1-10-19-14(13-8-12(21)4-5-15(13)30-3)9-18(29)22-20(19)28(25-10)17-7-6-16-24-23-11(2)27(16)26-17/h4-8,14H,9H2,1-3H3,(H,22,29)/t14-/m1/s1. The molecule has 3 aromatic heterocycles. The van der Waals surface area contributed by atoms with Crippen LogP contribution in [0.3, 0.4) is 0 Å². The van der Waals surface area contributed by atoms with Gasteiger partial charge in [-0.25, -0.2) is 0 Å². The molecule has 1 aliphatic heterocycles. The molecule has 0 aliphatic carbocycles. The first-order chi connectivity index (χ1) is 14.5. The van der Waals surface area contributed by atoms with E-state index in [2.05, 4.69) is 36.5 Å². The zero-order chi connectivity index (χ0) is 21.0. The number of carbonyl (C=O) groups is 1. The molecule has 1 N–H and O–H groups in total. The van der Waals surface area contributed by atoms with Crippen molar-refractivity contribution in [3.8, 4) is 11.6 Å². The van der Waals surface area contributed by atoms with E-state index in [1.54, 1.807) is 16.3 Å². The Morgan fingerprint density at radius 1 is 1.17 bits per heavy atom. The minimum Gasteiger partial charge on any atom is -0.496 e. The Morgan fingerprint density at radius 2 is 2.00 bits per heavy atom. The maximum absolute atomic E-state index is 12.7. The lowest BCUT2D eigenvalue weighted by atomic mass is 9.85. The Kier molecular flexibility index (Phi) is 4.31. The highest BCUT2D eigenvalue weighted by Crippen LogP contribution is 2.43. The Morgan fingerprint density at radius 3 is 2.80 bits per heavy atom. The van der Waals surface area contributed by atoms with Crippen LogP contribution >= 0.6 is 15.9 Å². The van der Waals surface area contributed by atoms with Crippen LogP contribution in [0.4, 0.5) is 5.82 Å². The van der Waals surface area contributed by atoms with Crippen LogP contribution < -0.4 is 10.1 Å². The van der Waals surface area contributed by atoms with Crippen LogP contribution in [0.5, 0.6) is 5.75 Å². The molecule has 9 nitrogen and oxygen atoms in total. The fraction of sp³-hybridized carbons (Fsp3) is 0.250.